The number of halogens is 1. The maximum absolute atomic E-state index is 11.1. The highest BCUT2D eigenvalue weighted by Gasteiger charge is 2.24. The molecule has 0 radical (unpaired) electrons. The number of rotatable bonds is 5. The van der Waals surface area contributed by atoms with E-state index in [4.69, 9.17) is 5.73 Å². The van der Waals surface area contributed by atoms with Gasteiger partial charge in [-0.3, -0.25) is 20.2 Å². The predicted molar refractivity (Wildman–Crippen MR) is 70.9 cm³/mol. The van der Waals surface area contributed by atoms with Crippen LogP contribution in [0.3, 0.4) is 0 Å². The van der Waals surface area contributed by atoms with Crippen molar-refractivity contribution >= 4 is 27.5 Å². The normalized spacial score (nSPS) is 11.3. The number of nitrogens with one attached hydrogen (secondary N) is 1. The van der Waals surface area contributed by atoms with E-state index in [1.807, 2.05) is 0 Å². The Morgan fingerprint density at radius 3 is 2.67 bits per heavy atom. The molecule has 0 bridgehead atoms. The smallest absolute Gasteiger partial charge is 0.283 e. The molecule has 0 unspecified atom stereocenters. The first-order valence-electron chi connectivity index (χ1n) is 5.22. The summed E-state index contributed by atoms with van der Waals surface area (Å²) in [5.74, 6) is -0.478. The Bertz CT molecular complexity index is 488. The summed E-state index contributed by atoms with van der Waals surface area (Å²) in [6.07, 6.45) is 0. The molecule has 1 rings (SSSR count). The minimum absolute atomic E-state index is 0.00817. The number of nitro groups is 1. The number of primary amides is 1. The second-order valence-corrected chi connectivity index (χ2v) is 5.24. The van der Waals surface area contributed by atoms with Crippen molar-refractivity contribution in [3.63, 3.8) is 0 Å². The second kappa shape index (κ2) is 5.45. The summed E-state index contributed by atoms with van der Waals surface area (Å²) in [5, 5.41) is 13.7. The standard InChI is InChI=1S/C11H14BrN3O3/c1-11(2,10(13)16)14-6-7-3-4-8(12)9(5-7)15(17)18/h3-5,14H,6H2,1-2H3,(H2,13,16). The maximum Gasteiger partial charge on any atom is 0.283 e. The van der Waals surface area contributed by atoms with Gasteiger partial charge in [-0.1, -0.05) is 6.07 Å². The molecule has 0 aromatic heterocycles. The first-order valence-corrected chi connectivity index (χ1v) is 6.01. The zero-order valence-electron chi connectivity index (χ0n) is 10.1. The third kappa shape index (κ3) is 3.51. The lowest BCUT2D eigenvalue weighted by atomic mass is 10.0. The molecular weight excluding hydrogens is 302 g/mol. The summed E-state index contributed by atoms with van der Waals surface area (Å²) in [6.45, 7) is 3.63. The molecule has 7 heteroatoms. The van der Waals surface area contributed by atoms with E-state index in [1.54, 1.807) is 26.0 Å². The highest BCUT2D eigenvalue weighted by molar-refractivity contribution is 9.10. The summed E-state index contributed by atoms with van der Waals surface area (Å²) in [5.41, 5.74) is 5.06. The van der Waals surface area contributed by atoms with Gasteiger partial charge in [-0.05, 0) is 41.4 Å². The van der Waals surface area contributed by atoms with Gasteiger partial charge in [0.15, 0.2) is 0 Å². The van der Waals surface area contributed by atoms with E-state index in [0.29, 0.717) is 16.6 Å². The topological polar surface area (TPSA) is 98.3 Å². The van der Waals surface area contributed by atoms with Gasteiger partial charge in [-0.2, -0.15) is 0 Å². The van der Waals surface area contributed by atoms with Crippen LogP contribution in [0.4, 0.5) is 5.69 Å². The van der Waals surface area contributed by atoms with Gasteiger partial charge in [0.2, 0.25) is 5.91 Å². The molecule has 1 aromatic carbocycles. The van der Waals surface area contributed by atoms with Gasteiger partial charge in [0.1, 0.15) is 0 Å². The van der Waals surface area contributed by atoms with Crippen molar-refractivity contribution in [1.29, 1.82) is 0 Å². The molecule has 0 atom stereocenters. The number of carbonyl (C=O) groups is 1. The molecule has 0 spiro atoms. The summed E-state index contributed by atoms with van der Waals surface area (Å²) in [4.78, 5) is 21.4. The van der Waals surface area contributed by atoms with Gasteiger partial charge < -0.3 is 5.73 Å². The Labute approximate surface area is 113 Å². The van der Waals surface area contributed by atoms with E-state index in [-0.39, 0.29) is 5.69 Å². The average molecular weight is 316 g/mol. The lowest BCUT2D eigenvalue weighted by molar-refractivity contribution is -0.385. The highest BCUT2D eigenvalue weighted by Crippen LogP contribution is 2.25. The van der Waals surface area contributed by atoms with Crippen LogP contribution in [0.15, 0.2) is 22.7 Å². The summed E-state index contributed by atoms with van der Waals surface area (Å²) in [6, 6.07) is 4.79. The number of hydrogen-bond donors (Lipinski definition) is 2. The fourth-order valence-corrected chi connectivity index (χ4v) is 1.61. The molecule has 6 nitrogen and oxygen atoms in total. The van der Waals surface area contributed by atoms with Crippen LogP contribution in [0.5, 0.6) is 0 Å². The van der Waals surface area contributed by atoms with E-state index < -0.39 is 16.4 Å². The van der Waals surface area contributed by atoms with Gasteiger partial charge in [-0.15, -0.1) is 0 Å². The van der Waals surface area contributed by atoms with Crippen molar-refractivity contribution < 1.29 is 9.72 Å². The minimum Gasteiger partial charge on any atom is -0.368 e. The molecule has 3 N–H and O–H groups in total. The van der Waals surface area contributed by atoms with Crippen molar-refractivity contribution in [2.24, 2.45) is 5.73 Å². The number of carbonyl (C=O) groups excluding carboxylic acids is 1. The number of nitrogens with two attached hydrogens (primary N) is 1. The molecule has 0 saturated carbocycles. The molecule has 0 aliphatic carbocycles. The Balaban J connectivity index is 2.84. The van der Waals surface area contributed by atoms with Crippen LogP contribution >= 0.6 is 15.9 Å². The van der Waals surface area contributed by atoms with Crippen LogP contribution in [-0.2, 0) is 11.3 Å². The third-order valence-corrected chi connectivity index (χ3v) is 3.23. The van der Waals surface area contributed by atoms with Crippen LogP contribution < -0.4 is 11.1 Å². The minimum atomic E-state index is -0.859. The van der Waals surface area contributed by atoms with E-state index in [0.717, 1.165) is 0 Å². The number of nitrogens with zero attached hydrogens (tertiary/aromatic N) is 1. The molecule has 0 heterocycles. The van der Waals surface area contributed by atoms with Gasteiger partial charge in [0.25, 0.3) is 5.69 Å². The Kier molecular flexibility index (Phi) is 4.42. The Morgan fingerprint density at radius 1 is 1.56 bits per heavy atom. The molecule has 1 aromatic rings. The van der Waals surface area contributed by atoms with E-state index in [2.05, 4.69) is 21.2 Å². The van der Waals surface area contributed by atoms with Crippen molar-refractivity contribution in [2.45, 2.75) is 25.9 Å². The lowest BCUT2D eigenvalue weighted by Crippen LogP contribution is -2.50. The fourth-order valence-electron chi connectivity index (χ4n) is 1.22. The van der Waals surface area contributed by atoms with Crippen LogP contribution in [-0.4, -0.2) is 16.4 Å². The number of nitro benzene ring substituents is 1. The zero-order chi connectivity index (χ0) is 13.9. The molecule has 0 fully saturated rings. The van der Waals surface area contributed by atoms with E-state index >= 15 is 0 Å². The van der Waals surface area contributed by atoms with Gasteiger partial charge in [-0.25, -0.2) is 0 Å². The van der Waals surface area contributed by atoms with Gasteiger partial charge >= 0.3 is 0 Å². The molecule has 98 valence electrons. The van der Waals surface area contributed by atoms with Crippen LogP contribution in [0.25, 0.3) is 0 Å². The molecule has 0 aliphatic rings. The van der Waals surface area contributed by atoms with E-state index in [1.165, 1.54) is 6.07 Å². The number of amides is 1. The summed E-state index contributed by atoms with van der Waals surface area (Å²) < 4.78 is 0.422. The lowest BCUT2D eigenvalue weighted by Gasteiger charge is -2.22. The fraction of sp³-hybridized carbons (Fsp3) is 0.364. The maximum atomic E-state index is 11.1. The quantitative estimate of drug-likeness (QED) is 0.638. The SMILES string of the molecule is CC(C)(NCc1ccc(Br)c([N+](=O)[O-])c1)C(N)=O. The third-order valence-electron chi connectivity index (χ3n) is 2.56. The molecule has 1 amide bonds. The highest BCUT2D eigenvalue weighted by atomic mass is 79.9. The first-order chi connectivity index (χ1) is 8.24. The molecular formula is C11H14BrN3O3. The number of hydrogen-bond acceptors (Lipinski definition) is 4. The van der Waals surface area contributed by atoms with Crippen molar-refractivity contribution in [1.82, 2.24) is 5.32 Å². The van der Waals surface area contributed by atoms with Crippen LogP contribution in [0.2, 0.25) is 0 Å². The van der Waals surface area contributed by atoms with Crippen molar-refractivity contribution in [3.05, 3.63) is 38.3 Å². The number of benzene rings is 1. The zero-order valence-corrected chi connectivity index (χ0v) is 11.7. The van der Waals surface area contributed by atoms with Gasteiger partial charge in [0, 0.05) is 12.6 Å². The van der Waals surface area contributed by atoms with E-state index in [9.17, 15) is 14.9 Å². The molecule has 0 saturated heterocycles. The van der Waals surface area contributed by atoms with Gasteiger partial charge in [0.05, 0.1) is 14.9 Å². The second-order valence-electron chi connectivity index (χ2n) is 4.39. The van der Waals surface area contributed by atoms with Crippen molar-refractivity contribution in [3.8, 4) is 0 Å². The van der Waals surface area contributed by atoms with Crippen LogP contribution in [0.1, 0.15) is 19.4 Å². The average Bonchev–Trinajstić information content (AvgIpc) is 2.27. The Morgan fingerprint density at radius 2 is 2.17 bits per heavy atom. The van der Waals surface area contributed by atoms with Crippen LogP contribution in [0, 0.1) is 10.1 Å². The van der Waals surface area contributed by atoms with Crippen molar-refractivity contribution in [2.75, 3.05) is 0 Å². The first kappa shape index (κ1) is 14.6. The largest absolute Gasteiger partial charge is 0.368 e. The Hall–Kier alpha value is -1.47. The molecule has 0 aliphatic heterocycles. The predicted octanol–water partition coefficient (Wildman–Crippen LogP) is 1.71. The summed E-state index contributed by atoms with van der Waals surface area (Å²) >= 11 is 3.11. The monoisotopic (exact) mass is 315 g/mol. The summed E-state index contributed by atoms with van der Waals surface area (Å²) in [7, 11) is 0. The molecule has 18 heavy (non-hydrogen) atoms.